The zero-order valence-corrected chi connectivity index (χ0v) is 19.3. The molecular weight excluding hydrogens is 478 g/mol. The highest BCUT2D eigenvalue weighted by molar-refractivity contribution is 6.25. The summed E-state index contributed by atoms with van der Waals surface area (Å²) in [6.45, 7) is 0. The fraction of sp³-hybridized carbons (Fsp3) is 0.179. The molecule has 9 heteroatoms. The summed E-state index contributed by atoms with van der Waals surface area (Å²) in [7, 11) is 0. The Balaban J connectivity index is 1.38. The predicted octanol–water partition coefficient (Wildman–Crippen LogP) is 3.61. The second-order valence-electron chi connectivity index (χ2n) is 9.76. The van der Waals surface area contributed by atoms with Crippen LogP contribution < -0.4 is 15.5 Å². The van der Waals surface area contributed by atoms with E-state index in [1.807, 2.05) is 30.5 Å². The van der Waals surface area contributed by atoms with Gasteiger partial charge in [-0.15, -0.1) is 0 Å². The van der Waals surface area contributed by atoms with Gasteiger partial charge in [-0.3, -0.25) is 19.7 Å². The number of anilines is 2. The van der Waals surface area contributed by atoms with Crippen LogP contribution in [0.2, 0.25) is 0 Å². The summed E-state index contributed by atoms with van der Waals surface area (Å²) in [4.78, 5) is 45.6. The third kappa shape index (κ3) is 2.91. The summed E-state index contributed by atoms with van der Waals surface area (Å²) in [6.07, 6.45) is 2.20. The van der Waals surface area contributed by atoms with E-state index in [2.05, 4.69) is 15.6 Å². The van der Waals surface area contributed by atoms with E-state index >= 15 is 0 Å². The Morgan fingerprint density at radius 2 is 1.65 bits per heavy atom. The molecule has 184 valence electrons. The molecule has 1 aromatic heterocycles. The van der Waals surface area contributed by atoms with Gasteiger partial charge in [-0.05, 0) is 60.5 Å². The van der Waals surface area contributed by atoms with Gasteiger partial charge in [0.1, 0.15) is 17.2 Å². The molecule has 4 atom stereocenters. The molecule has 2 saturated heterocycles. The molecule has 0 radical (unpaired) electrons. The number of hydrogen-bond acceptors (Lipinski definition) is 4. The van der Waals surface area contributed by atoms with E-state index in [0.29, 0.717) is 17.7 Å². The van der Waals surface area contributed by atoms with Crippen molar-refractivity contribution in [2.24, 2.45) is 11.8 Å². The quantitative estimate of drug-likeness (QED) is 0.376. The molecule has 4 heterocycles. The molecule has 7 rings (SSSR count). The highest BCUT2D eigenvalue weighted by Gasteiger charge is 2.70. The number of aromatic nitrogens is 1. The van der Waals surface area contributed by atoms with Crippen LogP contribution in [0.3, 0.4) is 0 Å². The average Bonchev–Trinajstić information content (AvgIpc) is 3.59. The van der Waals surface area contributed by atoms with Crippen LogP contribution in [0.25, 0.3) is 10.9 Å². The van der Waals surface area contributed by atoms with Crippen molar-refractivity contribution in [3.8, 4) is 0 Å². The molecule has 0 saturated carbocycles. The third-order valence-electron chi connectivity index (χ3n) is 7.88. The summed E-state index contributed by atoms with van der Waals surface area (Å²) >= 11 is 0. The first-order chi connectivity index (χ1) is 17.9. The first-order valence-corrected chi connectivity index (χ1v) is 12.0. The third-order valence-corrected chi connectivity index (χ3v) is 7.88. The number of carbonyl (C=O) groups excluding carboxylic acids is 3. The molecule has 7 nitrogen and oxygen atoms in total. The maximum absolute atomic E-state index is 14.4. The number of nitrogens with zero attached hydrogens (tertiary/aromatic N) is 1. The molecule has 0 unspecified atom stereocenters. The molecule has 37 heavy (non-hydrogen) atoms. The van der Waals surface area contributed by atoms with Gasteiger partial charge in [0.2, 0.25) is 17.7 Å². The zero-order valence-electron chi connectivity index (χ0n) is 19.3. The Kier molecular flexibility index (Phi) is 4.47. The van der Waals surface area contributed by atoms with Crippen LogP contribution >= 0.6 is 0 Å². The number of amides is 3. The fourth-order valence-corrected chi connectivity index (χ4v) is 6.33. The number of aromatic amines is 1. The molecule has 0 bridgehead atoms. The summed E-state index contributed by atoms with van der Waals surface area (Å²) in [5.41, 5.74) is 1.14. The van der Waals surface area contributed by atoms with Crippen molar-refractivity contribution in [1.82, 2.24) is 10.3 Å². The summed E-state index contributed by atoms with van der Waals surface area (Å²) in [5.74, 6) is -4.63. The number of fused-ring (bicyclic) bond motifs is 5. The second kappa shape index (κ2) is 7.57. The van der Waals surface area contributed by atoms with Gasteiger partial charge in [-0.25, -0.2) is 13.7 Å². The largest absolute Gasteiger partial charge is 0.361 e. The highest BCUT2D eigenvalue weighted by atomic mass is 19.1. The van der Waals surface area contributed by atoms with Gasteiger partial charge < -0.3 is 10.3 Å². The van der Waals surface area contributed by atoms with Crippen LogP contribution in [0.15, 0.2) is 72.9 Å². The van der Waals surface area contributed by atoms with E-state index in [0.717, 1.165) is 21.4 Å². The van der Waals surface area contributed by atoms with Crippen LogP contribution in [0.5, 0.6) is 0 Å². The number of rotatable bonds is 3. The molecule has 4 aromatic rings. The Bertz CT molecular complexity index is 1630. The lowest BCUT2D eigenvalue weighted by Gasteiger charge is -2.29. The lowest BCUT2D eigenvalue weighted by atomic mass is 9.76. The normalized spacial score (nSPS) is 26.3. The molecule has 3 aromatic carbocycles. The molecule has 1 spiro atoms. The number of imide groups is 1. The number of para-hydroxylation sites is 1. The van der Waals surface area contributed by atoms with Crippen molar-refractivity contribution in [3.05, 3.63) is 95.7 Å². The summed E-state index contributed by atoms with van der Waals surface area (Å²) in [5, 5.41) is 7.06. The Morgan fingerprint density at radius 3 is 2.46 bits per heavy atom. The van der Waals surface area contributed by atoms with Gasteiger partial charge >= 0.3 is 0 Å². The number of carbonyl (C=O) groups is 3. The molecule has 3 aliphatic rings. The van der Waals surface area contributed by atoms with Crippen molar-refractivity contribution in [2.45, 2.75) is 18.0 Å². The van der Waals surface area contributed by atoms with Gasteiger partial charge in [-0.2, -0.15) is 0 Å². The van der Waals surface area contributed by atoms with Crippen LogP contribution in [-0.2, 0) is 26.3 Å². The number of nitrogens with one attached hydrogen (secondary N) is 3. The van der Waals surface area contributed by atoms with Crippen LogP contribution in [0.1, 0.15) is 11.1 Å². The standard InChI is InChI=1S/C28H20F2N4O3/c29-15-5-8-17(9-6-15)34-25(35)23-22(11-14-13-31-20-4-2-1-3-18(14)20)33-28(24(23)26(34)36)19-12-16(30)7-10-21(19)32-27(28)37/h1-10,12-13,22-24,31,33H,11H2,(H,32,37)/t22-,23+,24-,28+/m0/s1. The summed E-state index contributed by atoms with van der Waals surface area (Å²) in [6, 6.07) is 16.1. The lowest BCUT2D eigenvalue weighted by Crippen LogP contribution is -2.53. The molecule has 3 amide bonds. The first-order valence-electron chi connectivity index (χ1n) is 12.0. The smallest absolute Gasteiger partial charge is 0.250 e. The minimum atomic E-state index is -1.62. The lowest BCUT2D eigenvalue weighted by molar-refractivity contribution is -0.130. The molecule has 3 aliphatic heterocycles. The maximum atomic E-state index is 14.4. The van der Waals surface area contributed by atoms with E-state index in [1.54, 1.807) is 0 Å². The van der Waals surface area contributed by atoms with E-state index in [1.165, 1.54) is 42.5 Å². The minimum absolute atomic E-state index is 0.227. The summed E-state index contributed by atoms with van der Waals surface area (Å²) < 4.78 is 28.0. The first kappa shape index (κ1) is 21.9. The van der Waals surface area contributed by atoms with Crippen molar-refractivity contribution in [3.63, 3.8) is 0 Å². The fourth-order valence-electron chi connectivity index (χ4n) is 6.33. The Hall–Kier alpha value is -4.37. The molecule has 3 N–H and O–H groups in total. The predicted molar refractivity (Wildman–Crippen MR) is 132 cm³/mol. The van der Waals surface area contributed by atoms with Crippen LogP contribution in [-0.4, -0.2) is 28.7 Å². The van der Waals surface area contributed by atoms with Crippen molar-refractivity contribution in [1.29, 1.82) is 0 Å². The number of benzene rings is 3. The van der Waals surface area contributed by atoms with Gasteiger partial charge in [0.05, 0.1) is 17.5 Å². The van der Waals surface area contributed by atoms with Crippen molar-refractivity contribution in [2.75, 3.05) is 10.2 Å². The molecule has 2 fully saturated rings. The van der Waals surface area contributed by atoms with E-state index < -0.39 is 52.8 Å². The van der Waals surface area contributed by atoms with Gasteiger partial charge in [-0.1, -0.05) is 18.2 Å². The van der Waals surface area contributed by atoms with Crippen LogP contribution in [0, 0.1) is 23.5 Å². The number of H-pyrrole nitrogens is 1. The van der Waals surface area contributed by atoms with E-state index in [9.17, 15) is 23.2 Å². The van der Waals surface area contributed by atoms with Crippen LogP contribution in [0.4, 0.5) is 20.2 Å². The SMILES string of the molecule is O=C1[C@@H]2[C@H](Cc3c[nH]c4ccccc34)N[C@@]3(C(=O)Nc4ccc(F)cc43)[C@@H]2C(=O)N1c1ccc(F)cc1. The Morgan fingerprint density at radius 1 is 0.892 bits per heavy atom. The monoisotopic (exact) mass is 498 g/mol. The highest BCUT2D eigenvalue weighted by Crippen LogP contribution is 2.54. The number of hydrogen-bond donors (Lipinski definition) is 3. The Labute approximate surface area is 209 Å². The topological polar surface area (TPSA) is 94.3 Å². The van der Waals surface area contributed by atoms with E-state index in [4.69, 9.17) is 0 Å². The minimum Gasteiger partial charge on any atom is -0.361 e. The maximum Gasteiger partial charge on any atom is 0.250 e. The van der Waals surface area contributed by atoms with Gasteiger partial charge in [0.15, 0.2) is 0 Å². The van der Waals surface area contributed by atoms with Gasteiger partial charge in [0.25, 0.3) is 0 Å². The molecular formula is C28H20F2N4O3. The van der Waals surface area contributed by atoms with Crippen molar-refractivity contribution < 1.29 is 23.2 Å². The molecule has 0 aliphatic carbocycles. The van der Waals surface area contributed by atoms with Crippen molar-refractivity contribution >= 4 is 40.0 Å². The second-order valence-corrected chi connectivity index (χ2v) is 9.76. The zero-order chi connectivity index (χ0) is 25.5. The average molecular weight is 498 g/mol. The van der Waals surface area contributed by atoms with E-state index in [-0.39, 0.29) is 5.69 Å². The number of halogens is 2. The van der Waals surface area contributed by atoms with Gasteiger partial charge in [0, 0.05) is 34.4 Å².